The second-order valence-corrected chi connectivity index (χ2v) is 4.70. The van der Waals surface area contributed by atoms with E-state index >= 15 is 0 Å². The summed E-state index contributed by atoms with van der Waals surface area (Å²) in [6, 6.07) is 6.93. The number of aromatic nitrogens is 2. The Kier molecular flexibility index (Phi) is 3.54. The van der Waals surface area contributed by atoms with E-state index in [9.17, 15) is 18.0 Å². The number of rotatable bonds is 3. The number of fused-ring (bicyclic) bond motifs is 1. The van der Waals surface area contributed by atoms with Crippen molar-refractivity contribution in [1.29, 1.82) is 0 Å². The molecule has 0 bridgehead atoms. The van der Waals surface area contributed by atoms with E-state index in [-0.39, 0.29) is 6.42 Å². The zero-order valence-corrected chi connectivity index (χ0v) is 11.2. The highest BCUT2D eigenvalue weighted by molar-refractivity contribution is 5.93. The molecule has 7 heteroatoms. The second-order valence-electron chi connectivity index (χ2n) is 4.70. The molecule has 0 spiro atoms. The summed E-state index contributed by atoms with van der Waals surface area (Å²) in [5, 5.41) is 2.22. The predicted molar refractivity (Wildman–Crippen MR) is 74.7 cm³/mol. The molecule has 2 N–H and O–H groups in total. The first-order valence-electron chi connectivity index (χ1n) is 6.40. The van der Waals surface area contributed by atoms with Gasteiger partial charge in [-0.05, 0) is 29.8 Å². The number of amides is 1. The summed E-state index contributed by atoms with van der Waals surface area (Å²) in [7, 11) is 0. The Hall–Kier alpha value is -2.83. The molecule has 2 aromatic carbocycles. The lowest BCUT2D eigenvalue weighted by molar-refractivity contribution is -0.115. The Balaban J connectivity index is 1.76. The molecule has 0 radical (unpaired) electrons. The highest BCUT2D eigenvalue weighted by Crippen LogP contribution is 2.20. The number of nitrogens with one attached hydrogen (secondary N) is 2. The number of nitrogens with zero attached hydrogens (tertiary/aromatic N) is 1. The maximum absolute atomic E-state index is 13.5. The number of anilines is 1. The van der Waals surface area contributed by atoms with Gasteiger partial charge in [0.25, 0.3) is 0 Å². The number of carbonyl (C=O) groups excluding carboxylic acids is 1. The van der Waals surface area contributed by atoms with Crippen LogP contribution in [-0.4, -0.2) is 15.9 Å². The lowest BCUT2D eigenvalue weighted by atomic mass is 10.1. The van der Waals surface area contributed by atoms with Gasteiger partial charge in [0.1, 0.15) is 0 Å². The maximum atomic E-state index is 13.5. The van der Waals surface area contributed by atoms with Gasteiger partial charge in [-0.3, -0.25) is 4.79 Å². The van der Waals surface area contributed by atoms with Crippen molar-refractivity contribution in [1.82, 2.24) is 9.97 Å². The van der Waals surface area contributed by atoms with Crippen molar-refractivity contribution in [2.24, 2.45) is 0 Å². The fourth-order valence-corrected chi connectivity index (χ4v) is 2.09. The summed E-state index contributed by atoms with van der Waals surface area (Å²) in [4.78, 5) is 18.8. The second kappa shape index (κ2) is 5.51. The van der Waals surface area contributed by atoms with Gasteiger partial charge in [0.15, 0.2) is 17.5 Å². The molecular formula is C15H10F3N3O. The van der Waals surface area contributed by atoms with Gasteiger partial charge in [-0.2, -0.15) is 0 Å². The zero-order valence-electron chi connectivity index (χ0n) is 11.2. The van der Waals surface area contributed by atoms with Crippen LogP contribution in [0, 0.1) is 17.5 Å². The Bertz CT molecular complexity index is 860. The van der Waals surface area contributed by atoms with Crippen molar-refractivity contribution in [3.05, 3.63) is 59.7 Å². The normalized spacial score (nSPS) is 10.9. The molecule has 1 amide bonds. The number of halogens is 3. The van der Waals surface area contributed by atoms with E-state index < -0.39 is 29.0 Å². The van der Waals surface area contributed by atoms with Crippen LogP contribution in [0.1, 0.15) is 5.56 Å². The first-order chi connectivity index (χ1) is 10.5. The summed E-state index contributed by atoms with van der Waals surface area (Å²) in [6.45, 7) is 0. The molecule has 0 unspecified atom stereocenters. The van der Waals surface area contributed by atoms with Crippen LogP contribution in [0.2, 0.25) is 0 Å². The van der Waals surface area contributed by atoms with Gasteiger partial charge >= 0.3 is 0 Å². The summed E-state index contributed by atoms with van der Waals surface area (Å²) in [6.07, 6.45) is 1.50. The van der Waals surface area contributed by atoms with E-state index in [4.69, 9.17) is 0 Å². The predicted octanol–water partition coefficient (Wildman–Crippen LogP) is 3.16. The van der Waals surface area contributed by atoms with Gasteiger partial charge < -0.3 is 10.3 Å². The standard InChI is InChI=1S/C15H10F3N3O/c16-9-2-4-11(15(18)14(9)17)21-13(22)6-8-1-3-10-12(5-8)20-7-19-10/h1-5,7H,6H2,(H,19,20)(H,21,22). The number of H-pyrrole nitrogens is 1. The van der Waals surface area contributed by atoms with Crippen LogP contribution in [0.3, 0.4) is 0 Å². The number of carbonyl (C=O) groups is 1. The minimum Gasteiger partial charge on any atom is -0.345 e. The highest BCUT2D eigenvalue weighted by atomic mass is 19.2. The van der Waals surface area contributed by atoms with Crippen molar-refractivity contribution in [2.45, 2.75) is 6.42 Å². The average molecular weight is 305 g/mol. The molecule has 0 aliphatic heterocycles. The molecule has 1 aromatic heterocycles. The van der Waals surface area contributed by atoms with Crippen LogP contribution in [0.15, 0.2) is 36.7 Å². The summed E-state index contributed by atoms with van der Waals surface area (Å²) >= 11 is 0. The minimum atomic E-state index is -1.61. The monoisotopic (exact) mass is 305 g/mol. The van der Waals surface area contributed by atoms with Gasteiger partial charge in [0.2, 0.25) is 5.91 Å². The molecule has 0 aliphatic rings. The van der Waals surface area contributed by atoms with E-state index in [0.717, 1.165) is 23.2 Å². The first-order valence-corrected chi connectivity index (χ1v) is 6.40. The lowest BCUT2D eigenvalue weighted by Crippen LogP contribution is -2.16. The van der Waals surface area contributed by atoms with Gasteiger partial charge in [0, 0.05) is 0 Å². The first kappa shape index (κ1) is 14.1. The summed E-state index contributed by atoms with van der Waals surface area (Å²) in [5.74, 6) is -4.88. The third kappa shape index (κ3) is 2.65. The molecule has 1 heterocycles. The fraction of sp³-hybridized carbons (Fsp3) is 0.0667. The smallest absolute Gasteiger partial charge is 0.228 e. The van der Waals surface area contributed by atoms with Gasteiger partial charge in [0.05, 0.1) is 29.5 Å². The molecule has 112 valence electrons. The quantitative estimate of drug-likeness (QED) is 0.730. The molecule has 3 aromatic rings. The van der Waals surface area contributed by atoms with Crippen LogP contribution in [0.5, 0.6) is 0 Å². The molecule has 3 rings (SSSR count). The Morgan fingerprint density at radius 3 is 2.77 bits per heavy atom. The minimum absolute atomic E-state index is 0.0343. The van der Waals surface area contributed by atoms with E-state index in [0.29, 0.717) is 5.56 Å². The number of hydrogen-bond donors (Lipinski definition) is 2. The maximum Gasteiger partial charge on any atom is 0.228 e. The molecule has 0 fully saturated rings. The van der Waals surface area contributed by atoms with Crippen molar-refractivity contribution in [3.63, 3.8) is 0 Å². The summed E-state index contributed by atoms with van der Waals surface area (Å²) in [5.41, 5.74) is 1.81. The number of aromatic amines is 1. The molecule has 22 heavy (non-hydrogen) atoms. The van der Waals surface area contributed by atoms with Crippen molar-refractivity contribution >= 4 is 22.6 Å². The van der Waals surface area contributed by atoms with Crippen molar-refractivity contribution < 1.29 is 18.0 Å². The van der Waals surface area contributed by atoms with Gasteiger partial charge in [-0.15, -0.1) is 0 Å². The van der Waals surface area contributed by atoms with E-state index in [1.54, 1.807) is 18.2 Å². The van der Waals surface area contributed by atoms with E-state index in [1.165, 1.54) is 6.33 Å². The number of imidazole rings is 1. The molecule has 0 atom stereocenters. The fourth-order valence-electron chi connectivity index (χ4n) is 2.09. The van der Waals surface area contributed by atoms with Crippen LogP contribution >= 0.6 is 0 Å². The highest BCUT2D eigenvalue weighted by Gasteiger charge is 2.15. The lowest BCUT2D eigenvalue weighted by Gasteiger charge is -2.07. The number of benzene rings is 2. The summed E-state index contributed by atoms with van der Waals surface area (Å²) < 4.78 is 39.4. The molecule has 0 saturated heterocycles. The van der Waals surface area contributed by atoms with Gasteiger partial charge in [-0.25, -0.2) is 18.2 Å². The van der Waals surface area contributed by atoms with Crippen LogP contribution in [0.4, 0.5) is 18.9 Å². The van der Waals surface area contributed by atoms with E-state index in [2.05, 4.69) is 15.3 Å². The van der Waals surface area contributed by atoms with Crippen molar-refractivity contribution in [3.8, 4) is 0 Å². The van der Waals surface area contributed by atoms with Crippen LogP contribution in [0.25, 0.3) is 11.0 Å². The molecular weight excluding hydrogens is 295 g/mol. The van der Waals surface area contributed by atoms with Crippen LogP contribution in [-0.2, 0) is 11.2 Å². The topological polar surface area (TPSA) is 57.8 Å². The Morgan fingerprint density at radius 1 is 1.14 bits per heavy atom. The third-order valence-electron chi connectivity index (χ3n) is 3.16. The SMILES string of the molecule is O=C(Cc1ccc2nc[nH]c2c1)Nc1ccc(F)c(F)c1F. The molecule has 4 nitrogen and oxygen atoms in total. The number of hydrogen-bond acceptors (Lipinski definition) is 2. The molecule has 0 saturated carbocycles. The largest absolute Gasteiger partial charge is 0.345 e. The Morgan fingerprint density at radius 2 is 1.95 bits per heavy atom. The Labute approximate surface area is 123 Å². The molecule has 0 aliphatic carbocycles. The van der Waals surface area contributed by atoms with Crippen molar-refractivity contribution in [2.75, 3.05) is 5.32 Å². The average Bonchev–Trinajstić information content (AvgIpc) is 2.95. The van der Waals surface area contributed by atoms with Gasteiger partial charge in [-0.1, -0.05) is 6.07 Å². The third-order valence-corrected chi connectivity index (χ3v) is 3.16. The zero-order chi connectivity index (χ0) is 15.7. The van der Waals surface area contributed by atoms with E-state index in [1.807, 2.05) is 0 Å². The van der Waals surface area contributed by atoms with Crippen LogP contribution < -0.4 is 5.32 Å².